The van der Waals surface area contributed by atoms with Crippen molar-refractivity contribution in [1.82, 2.24) is 5.32 Å². The standard InChI is InChI=1S/C15H22ClFN2O/c1-5-7-13(16)15(17)12(4)14(9-18-10-20)19-8-11(3)6-2/h5,7-8,10-11H,6,9H2,1-4H3,(H,18,20)/b7-5-,14-12+,15-13-,19-8-. The second-order valence-electron chi connectivity index (χ2n) is 4.40. The molecule has 0 bridgehead atoms. The topological polar surface area (TPSA) is 41.5 Å². The van der Waals surface area contributed by atoms with Gasteiger partial charge in [0.05, 0.1) is 17.3 Å². The van der Waals surface area contributed by atoms with Gasteiger partial charge < -0.3 is 5.32 Å². The Balaban J connectivity index is 5.45. The molecule has 20 heavy (non-hydrogen) atoms. The molecule has 1 atom stereocenters. The summed E-state index contributed by atoms with van der Waals surface area (Å²) >= 11 is 5.84. The summed E-state index contributed by atoms with van der Waals surface area (Å²) in [5, 5.41) is 2.51. The van der Waals surface area contributed by atoms with Gasteiger partial charge in [0.25, 0.3) is 0 Å². The number of aliphatic imine (C=N–C) groups is 1. The Bertz CT molecular complexity index is 439. The van der Waals surface area contributed by atoms with Gasteiger partial charge >= 0.3 is 0 Å². The number of carbonyl (C=O) groups is 1. The van der Waals surface area contributed by atoms with E-state index in [1.165, 1.54) is 6.08 Å². The van der Waals surface area contributed by atoms with E-state index in [9.17, 15) is 9.18 Å². The predicted octanol–water partition coefficient (Wildman–Crippen LogP) is 4.12. The molecular formula is C15H22ClFN2O. The molecule has 0 saturated carbocycles. The molecule has 0 aliphatic rings. The molecule has 1 unspecified atom stereocenters. The Morgan fingerprint density at radius 1 is 1.50 bits per heavy atom. The van der Waals surface area contributed by atoms with Gasteiger partial charge in [0, 0.05) is 11.8 Å². The first-order valence-electron chi connectivity index (χ1n) is 6.57. The first-order chi connectivity index (χ1) is 9.47. The molecule has 0 aliphatic heterocycles. The summed E-state index contributed by atoms with van der Waals surface area (Å²) < 4.78 is 14.1. The van der Waals surface area contributed by atoms with Crippen LogP contribution < -0.4 is 5.32 Å². The van der Waals surface area contributed by atoms with Crippen molar-refractivity contribution in [2.45, 2.75) is 34.1 Å². The Kier molecular flexibility index (Phi) is 9.64. The molecular weight excluding hydrogens is 279 g/mol. The third-order valence-electron chi connectivity index (χ3n) is 2.77. The van der Waals surface area contributed by atoms with E-state index in [2.05, 4.69) is 10.3 Å². The quantitative estimate of drug-likeness (QED) is 0.409. The fourth-order valence-corrected chi connectivity index (χ4v) is 1.53. The predicted molar refractivity (Wildman–Crippen MR) is 83.5 cm³/mol. The molecule has 0 aliphatic carbocycles. The van der Waals surface area contributed by atoms with Crippen molar-refractivity contribution in [3.8, 4) is 0 Å². The van der Waals surface area contributed by atoms with Crippen molar-refractivity contribution in [2.75, 3.05) is 6.54 Å². The van der Waals surface area contributed by atoms with E-state index in [1.807, 2.05) is 13.8 Å². The zero-order valence-electron chi connectivity index (χ0n) is 12.4. The van der Waals surface area contributed by atoms with Crippen LogP contribution >= 0.6 is 11.6 Å². The van der Waals surface area contributed by atoms with Crippen LogP contribution in [0.4, 0.5) is 4.39 Å². The molecule has 3 nitrogen and oxygen atoms in total. The number of carbonyl (C=O) groups excluding carboxylic acids is 1. The molecule has 5 heteroatoms. The third kappa shape index (κ3) is 6.66. The van der Waals surface area contributed by atoms with Crippen molar-refractivity contribution in [3.05, 3.63) is 34.3 Å². The molecule has 1 amide bonds. The molecule has 0 spiro atoms. The summed E-state index contributed by atoms with van der Waals surface area (Å²) in [7, 11) is 0. The van der Waals surface area contributed by atoms with Crippen LogP contribution in [-0.4, -0.2) is 19.2 Å². The highest BCUT2D eigenvalue weighted by molar-refractivity contribution is 6.31. The van der Waals surface area contributed by atoms with E-state index in [-0.39, 0.29) is 17.5 Å². The Morgan fingerprint density at radius 2 is 2.15 bits per heavy atom. The molecule has 0 heterocycles. The van der Waals surface area contributed by atoms with E-state index < -0.39 is 5.83 Å². The molecule has 0 rings (SSSR count). The van der Waals surface area contributed by atoms with Crippen LogP contribution in [0.1, 0.15) is 34.1 Å². The zero-order chi connectivity index (χ0) is 15.5. The van der Waals surface area contributed by atoms with Crippen molar-refractivity contribution >= 4 is 24.2 Å². The number of hydrogen-bond donors (Lipinski definition) is 1. The fraction of sp³-hybridized carbons (Fsp3) is 0.467. The Morgan fingerprint density at radius 3 is 2.65 bits per heavy atom. The molecule has 0 aromatic rings. The lowest BCUT2D eigenvalue weighted by Crippen LogP contribution is -2.15. The van der Waals surface area contributed by atoms with Gasteiger partial charge in [-0.1, -0.05) is 31.5 Å². The molecule has 1 N–H and O–H groups in total. The normalized spacial score (nSPS) is 16.1. The van der Waals surface area contributed by atoms with Crippen LogP contribution in [0.2, 0.25) is 0 Å². The molecule has 112 valence electrons. The molecule has 0 radical (unpaired) electrons. The van der Waals surface area contributed by atoms with Crippen molar-refractivity contribution in [1.29, 1.82) is 0 Å². The molecule has 0 fully saturated rings. The maximum atomic E-state index is 14.1. The summed E-state index contributed by atoms with van der Waals surface area (Å²) in [5.41, 5.74) is 0.777. The van der Waals surface area contributed by atoms with Crippen LogP contribution in [-0.2, 0) is 4.79 Å². The minimum atomic E-state index is -0.534. The van der Waals surface area contributed by atoms with Gasteiger partial charge in [-0.3, -0.25) is 9.79 Å². The Labute approximate surface area is 125 Å². The summed E-state index contributed by atoms with van der Waals surface area (Å²) in [5.74, 6) is -0.249. The SMILES string of the molecule is C\C=C/C(Cl)=C(F)\C(C)=C(CNC=O)\N=C/C(C)CC. The molecule has 0 aromatic carbocycles. The zero-order valence-corrected chi connectivity index (χ0v) is 13.2. The minimum Gasteiger partial charge on any atom is -0.353 e. The van der Waals surface area contributed by atoms with Crippen LogP contribution in [0, 0.1) is 5.92 Å². The van der Waals surface area contributed by atoms with Crippen LogP contribution in [0.25, 0.3) is 0 Å². The van der Waals surface area contributed by atoms with E-state index >= 15 is 0 Å². The highest BCUT2D eigenvalue weighted by Gasteiger charge is 2.10. The summed E-state index contributed by atoms with van der Waals surface area (Å²) in [6.45, 7) is 7.57. The largest absolute Gasteiger partial charge is 0.353 e. The number of amides is 1. The van der Waals surface area contributed by atoms with Gasteiger partial charge in [0.15, 0.2) is 0 Å². The van der Waals surface area contributed by atoms with Gasteiger partial charge in [-0.25, -0.2) is 4.39 Å². The van der Waals surface area contributed by atoms with Gasteiger partial charge in [-0.05, 0) is 32.3 Å². The summed E-state index contributed by atoms with van der Waals surface area (Å²) in [6.07, 6.45) is 6.38. The first-order valence-corrected chi connectivity index (χ1v) is 6.94. The van der Waals surface area contributed by atoms with E-state index in [0.29, 0.717) is 17.7 Å². The second kappa shape index (κ2) is 10.4. The lowest BCUT2D eigenvalue weighted by molar-refractivity contribution is -0.109. The maximum absolute atomic E-state index is 14.1. The fourth-order valence-electron chi connectivity index (χ4n) is 1.26. The van der Waals surface area contributed by atoms with Crippen molar-refractivity contribution < 1.29 is 9.18 Å². The number of rotatable bonds is 8. The monoisotopic (exact) mass is 300 g/mol. The van der Waals surface area contributed by atoms with E-state index in [1.54, 1.807) is 26.1 Å². The average molecular weight is 301 g/mol. The highest BCUT2D eigenvalue weighted by atomic mass is 35.5. The smallest absolute Gasteiger partial charge is 0.207 e. The first kappa shape index (κ1) is 18.6. The van der Waals surface area contributed by atoms with Crippen molar-refractivity contribution in [2.24, 2.45) is 10.9 Å². The number of hydrogen-bond acceptors (Lipinski definition) is 2. The second-order valence-corrected chi connectivity index (χ2v) is 4.80. The lowest BCUT2D eigenvalue weighted by Gasteiger charge is -2.08. The van der Waals surface area contributed by atoms with Gasteiger partial charge in [-0.15, -0.1) is 0 Å². The van der Waals surface area contributed by atoms with E-state index in [4.69, 9.17) is 11.6 Å². The third-order valence-corrected chi connectivity index (χ3v) is 3.06. The van der Waals surface area contributed by atoms with Gasteiger partial charge in [0.1, 0.15) is 5.83 Å². The summed E-state index contributed by atoms with van der Waals surface area (Å²) in [6, 6.07) is 0. The van der Waals surface area contributed by atoms with Crippen LogP contribution in [0.3, 0.4) is 0 Å². The highest BCUT2D eigenvalue weighted by Crippen LogP contribution is 2.23. The number of nitrogens with one attached hydrogen (secondary N) is 1. The summed E-state index contributed by atoms with van der Waals surface area (Å²) in [4.78, 5) is 14.7. The number of halogens is 2. The van der Waals surface area contributed by atoms with Gasteiger partial charge in [-0.2, -0.15) is 0 Å². The number of allylic oxidation sites excluding steroid dienone is 5. The van der Waals surface area contributed by atoms with Crippen molar-refractivity contribution in [3.63, 3.8) is 0 Å². The van der Waals surface area contributed by atoms with Gasteiger partial charge in [0.2, 0.25) is 6.41 Å². The Hall–Kier alpha value is -1.42. The maximum Gasteiger partial charge on any atom is 0.207 e. The lowest BCUT2D eigenvalue weighted by atomic mass is 10.1. The van der Waals surface area contributed by atoms with Crippen LogP contribution in [0.15, 0.2) is 39.3 Å². The minimum absolute atomic E-state index is 0.0207. The van der Waals surface area contributed by atoms with Crippen LogP contribution in [0.5, 0.6) is 0 Å². The van der Waals surface area contributed by atoms with E-state index in [0.717, 1.165) is 6.42 Å². The number of nitrogens with zero attached hydrogens (tertiary/aromatic N) is 1. The molecule has 0 saturated heterocycles. The molecule has 0 aromatic heterocycles. The average Bonchev–Trinajstić information content (AvgIpc) is 2.45.